The van der Waals surface area contributed by atoms with Gasteiger partial charge in [-0.15, -0.1) is 0 Å². The standard InChI is InChI=1S/C21H22N2O4/c24-19(16-9-10-22-12-16)13-5-7-14(8-6-13)20(25)23-17-4-2-1-3-15(17)11-18(23)21(26)27/h5-10,12,15,17-18,22H,1-4,11H2,(H,26,27)/t15-,17-,18-/m0/s1. The molecule has 27 heavy (non-hydrogen) atoms. The minimum Gasteiger partial charge on any atom is -0.480 e. The number of hydrogen-bond acceptors (Lipinski definition) is 3. The van der Waals surface area contributed by atoms with Crippen LogP contribution in [0.3, 0.4) is 0 Å². The number of carboxylic acid groups (broad SMARTS) is 1. The molecule has 0 unspecified atom stereocenters. The summed E-state index contributed by atoms with van der Waals surface area (Å²) in [6, 6.07) is 7.46. The number of carbonyl (C=O) groups is 3. The Balaban J connectivity index is 1.58. The number of carbonyl (C=O) groups excluding carboxylic acids is 2. The van der Waals surface area contributed by atoms with Crippen LogP contribution < -0.4 is 0 Å². The third kappa shape index (κ3) is 3.16. The second-order valence-electron chi connectivity index (χ2n) is 7.42. The number of likely N-dealkylation sites (tertiary alicyclic amines) is 1. The van der Waals surface area contributed by atoms with E-state index in [2.05, 4.69) is 4.98 Å². The summed E-state index contributed by atoms with van der Waals surface area (Å²) < 4.78 is 0. The number of hydrogen-bond donors (Lipinski definition) is 2. The third-order valence-electron chi connectivity index (χ3n) is 5.86. The molecule has 6 heteroatoms. The Morgan fingerprint density at radius 3 is 2.33 bits per heavy atom. The van der Waals surface area contributed by atoms with Crippen LogP contribution >= 0.6 is 0 Å². The summed E-state index contributed by atoms with van der Waals surface area (Å²) in [5.41, 5.74) is 1.49. The lowest BCUT2D eigenvalue weighted by Gasteiger charge is -2.33. The molecule has 1 saturated carbocycles. The fraction of sp³-hybridized carbons (Fsp3) is 0.381. The van der Waals surface area contributed by atoms with Gasteiger partial charge >= 0.3 is 5.97 Å². The van der Waals surface area contributed by atoms with Crippen molar-refractivity contribution in [1.82, 2.24) is 9.88 Å². The van der Waals surface area contributed by atoms with E-state index in [-0.39, 0.29) is 23.7 Å². The van der Waals surface area contributed by atoms with Gasteiger partial charge in [0.2, 0.25) is 0 Å². The van der Waals surface area contributed by atoms with Gasteiger partial charge in [-0.2, -0.15) is 0 Å². The molecule has 0 radical (unpaired) electrons. The van der Waals surface area contributed by atoms with Gasteiger partial charge in [0.15, 0.2) is 5.78 Å². The van der Waals surface area contributed by atoms with Crippen LogP contribution in [0.5, 0.6) is 0 Å². The number of H-pyrrole nitrogens is 1. The van der Waals surface area contributed by atoms with Crippen LogP contribution in [0.4, 0.5) is 0 Å². The number of aliphatic carboxylic acids is 1. The van der Waals surface area contributed by atoms with E-state index in [0.717, 1.165) is 25.7 Å². The number of carboxylic acids is 1. The summed E-state index contributed by atoms with van der Waals surface area (Å²) in [5, 5.41) is 9.61. The van der Waals surface area contributed by atoms with Gasteiger partial charge in [0.25, 0.3) is 5.91 Å². The molecule has 2 aliphatic rings. The average Bonchev–Trinajstić information content (AvgIpc) is 3.35. The van der Waals surface area contributed by atoms with Crippen molar-refractivity contribution in [3.05, 3.63) is 59.4 Å². The zero-order chi connectivity index (χ0) is 19.0. The molecule has 4 rings (SSSR count). The summed E-state index contributed by atoms with van der Waals surface area (Å²) in [6.07, 6.45) is 7.84. The van der Waals surface area contributed by atoms with Crippen LogP contribution in [-0.2, 0) is 4.79 Å². The maximum atomic E-state index is 13.1. The number of rotatable bonds is 4. The first-order valence-electron chi connectivity index (χ1n) is 9.39. The fourth-order valence-corrected chi connectivity index (χ4v) is 4.52. The van der Waals surface area contributed by atoms with E-state index in [1.807, 2.05) is 0 Å². The van der Waals surface area contributed by atoms with Gasteiger partial charge in [-0.05, 0) is 43.4 Å². The zero-order valence-corrected chi connectivity index (χ0v) is 14.9. The Labute approximate surface area is 157 Å². The van der Waals surface area contributed by atoms with Crippen LogP contribution in [-0.4, -0.2) is 44.7 Å². The summed E-state index contributed by atoms with van der Waals surface area (Å²) in [4.78, 5) is 41.6. The smallest absolute Gasteiger partial charge is 0.326 e. The molecule has 1 aromatic heterocycles. The van der Waals surface area contributed by atoms with Crippen molar-refractivity contribution in [3.8, 4) is 0 Å². The molecule has 6 nitrogen and oxygen atoms in total. The first-order valence-corrected chi connectivity index (χ1v) is 9.39. The third-order valence-corrected chi connectivity index (χ3v) is 5.86. The van der Waals surface area contributed by atoms with Gasteiger partial charge in [-0.1, -0.05) is 25.0 Å². The van der Waals surface area contributed by atoms with Crippen molar-refractivity contribution in [3.63, 3.8) is 0 Å². The number of benzene rings is 1. The Morgan fingerprint density at radius 2 is 1.67 bits per heavy atom. The van der Waals surface area contributed by atoms with Crippen molar-refractivity contribution in [2.75, 3.05) is 0 Å². The van der Waals surface area contributed by atoms with E-state index in [9.17, 15) is 19.5 Å². The van der Waals surface area contributed by atoms with E-state index in [1.54, 1.807) is 47.6 Å². The van der Waals surface area contributed by atoms with Crippen LogP contribution in [0.15, 0.2) is 42.7 Å². The molecule has 2 heterocycles. The first-order chi connectivity index (χ1) is 13.1. The number of aromatic nitrogens is 1. The molecule has 2 aromatic rings. The van der Waals surface area contributed by atoms with E-state index in [0.29, 0.717) is 23.1 Å². The Hall–Kier alpha value is -2.89. The molecule has 1 aliphatic carbocycles. The fourth-order valence-electron chi connectivity index (χ4n) is 4.52. The largest absolute Gasteiger partial charge is 0.480 e. The predicted octanol–water partition coefficient (Wildman–Crippen LogP) is 3.10. The van der Waals surface area contributed by atoms with Gasteiger partial charge in [-0.25, -0.2) is 4.79 Å². The summed E-state index contributed by atoms with van der Waals surface area (Å²) in [6.45, 7) is 0. The summed E-state index contributed by atoms with van der Waals surface area (Å²) in [7, 11) is 0. The summed E-state index contributed by atoms with van der Waals surface area (Å²) >= 11 is 0. The molecule has 0 spiro atoms. The molecule has 2 N–H and O–H groups in total. The van der Waals surface area contributed by atoms with E-state index in [1.165, 1.54) is 0 Å². The van der Waals surface area contributed by atoms with Gasteiger partial charge < -0.3 is 15.0 Å². The Morgan fingerprint density at radius 1 is 0.963 bits per heavy atom. The molecule has 1 amide bonds. The molecule has 3 atom stereocenters. The van der Waals surface area contributed by atoms with Gasteiger partial charge in [-0.3, -0.25) is 9.59 Å². The minimum atomic E-state index is -0.933. The number of fused-ring (bicyclic) bond motifs is 1. The lowest BCUT2D eigenvalue weighted by atomic mass is 9.84. The second kappa shape index (κ2) is 7.02. The van der Waals surface area contributed by atoms with Crippen molar-refractivity contribution in [2.24, 2.45) is 5.92 Å². The van der Waals surface area contributed by atoms with Crippen molar-refractivity contribution in [1.29, 1.82) is 0 Å². The quantitative estimate of drug-likeness (QED) is 0.814. The molecule has 1 aliphatic heterocycles. The van der Waals surface area contributed by atoms with Crippen LogP contribution in [0, 0.1) is 5.92 Å². The molecule has 1 saturated heterocycles. The van der Waals surface area contributed by atoms with Crippen molar-refractivity contribution in [2.45, 2.75) is 44.2 Å². The molecular weight excluding hydrogens is 344 g/mol. The number of nitrogens with one attached hydrogen (secondary N) is 1. The minimum absolute atomic E-state index is 0.00788. The van der Waals surface area contributed by atoms with E-state index >= 15 is 0 Å². The monoisotopic (exact) mass is 366 g/mol. The second-order valence-corrected chi connectivity index (χ2v) is 7.42. The van der Waals surface area contributed by atoms with Crippen molar-refractivity contribution >= 4 is 17.7 Å². The average molecular weight is 366 g/mol. The van der Waals surface area contributed by atoms with Crippen LogP contribution in [0.2, 0.25) is 0 Å². The van der Waals surface area contributed by atoms with Crippen LogP contribution in [0.25, 0.3) is 0 Å². The predicted molar refractivity (Wildman–Crippen MR) is 98.6 cm³/mol. The van der Waals surface area contributed by atoms with E-state index < -0.39 is 12.0 Å². The molecule has 2 fully saturated rings. The molecule has 1 aromatic carbocycles. The molecular formula is C21H22N2O4. The first kappa shape index (κ1) is 17.5. The maximum absolute atomic E-state index is 13.1. The van der Waals surface area contributed by atoms with Gasteiger partial charge in [0.1, 0.15) is 6.04 Å². The normalized spacial score (nSPS) is 24.4. The highest BCUT2D eigenvalue weighted by Crippen LogP contribution is 2.40. The number of amides is 1. The Kier molecular flexibility index (Phi) is 4.56. The highest BCUT2D eigenvalue weighted by Gasteiger charge is 2.47. The van der Waals surface area contributed by atoms with Gasteiger partial charge in [0.05, 0.1) is 0 Å². The van der Waals surface area contributed by atoms with Crippen molar-refractivity contribution < 1.29 is 19.5 Å². The highest BCUT2D eigenvalue weighted by molar-refractivity contribution is 6.09. The zero-order valence-electron chi connectivity index (χ0n) is 14.9. The number of ketones is 1. The van der Waals surface area contributed by atoms with Crippen LogP contribution in [0.1, 0.15) is 58.4 Å². The lowest BCUT2D eigenvalue weighted by Crippen LogP contribution is -2.46. The maximum Gasteiger partial charge on any atom is 0.326 e. The van der Waals surface area contributed by atoms with Gasteiger partial charge in [0, 0.05) is 35.1 Å². The highest BCUT2D eigenvalue weighted by atomic mass is 16.4. The summed E-state index contributed by atoms with van der Waals surface area (Å²) in [5.74, 6) is -1.03. The topological polar surface area (TPSA) is 90.5 Å². The lowest BCUT2D eigenvalue weighted by molar-refractivity contribution is -0.141. The number of aromatic amines is 1. The van der Waals surface area contributed by atoms with E-state index in [4.69, 9.17) is 0 Å². The SMILES string of the molecule is O=C(c1ccc(C(=O)N2[C@H](C(=O)O)C[C@@H]3CCCC[C@@H]32)cc1)c1cc[nH]c1. The number of nitrogens with zero attached hydrogens (tertiary/aromatic N) is 1. The Bertz CT molecular complexity index is 857. The molecule has 0 bridgehead atoms. The molecule has 140 valence electrons.